The average molecular weight is 263 g/mol. The number of rotatable bonds is 7. The molecule has 0 aromatic heterocycles. The standard InChI is InChI=1S/C11H25N3O2S/c1-3-17(15,16)11-10-13(2)8-9-14-6-4-12-5-7-14/h12H,3-11H2,1-2H3. The minimum absolute atomic E-state index is 0.249. The molecule has 0 aromatic carbocycles. The van der Waals surface area contributed by atoms with Gasteiger partial charge in [-0.15, -0.1) is 0 Å². The van der Waals surface area contributed by atoms with Crippen LogP contribution in [0.5, 0.6) is 0 Å². The molecule has 0 amide bonds. The summed E-state index contributed by atoms with van der Waals surface area (Å²) < 4.78 is 22.7. The molecule has 0 radical (unpaired) electrons. The van der Waals surface area contributed by atoms with Gasteiger partial charge < -0.3 is 10.2 Å². The summed E-state index contributed by atoms with van der Waals surface area (Å²) in [6.07, 6.45) is 0. The SMILES string of the molecule is CCS(=O)(=O)CCN(C)CCN1CCNCC1. The first-order valence-corrected chi connectivity index (χ1v) is 8.17. The predicted molar refractivity (Wildman–Crippen MR) is 71.1 cm³/mol. The van der Waals surface area contributed by atoms with Gasteiger partial charge in [0.25, 0.3) is 0 Å². The van der Waals surface area contributed by atoms with Crippen molar-refractivity contribution in [3.05, 3.63) is 0 Å². The van der Waals surface area contributed by atoms with E-state index in [0.717, 1.165) is 39.3 Å². The van der Waals surface area contributed by atoms with E-state index in [1.807, 2.05) is 7.05 Å². The molecule has 1 fully saturated rings. The van der Waals surface area contributed by atoms with Crippen LogP contribution in [0, 0.1) is 0 Å². The number of nitrogens with zero attached hydrogens (tertiary/aromatic N) is 2. The number of likely N-dealkylation sites (N-methyl/N-ethyl adjacent to an activating group) is 1. The van der Waals surface area contributed by atoms with E-state index in [1.165, 1.54) is 0 Å². The smallest absolute Gasteiger partial charge is 0.151 e. The molecule has 0 atom stereocenters. The lowest BCUT2D eigenvalue weighted by molar-refractivity contribution is 0.208. The quantitative estimate of drug-likeness (QED) is 0.655. The first-order valence-electron chi connectivity index (χ1n) is 6.35. The van der Waals surface area contributed by atoms with Crippen LogP contribution < -0.4 is 5.32 Å². The van der Waals surface area contributed by atoms with Crippen LogP contribution in [0.4, 0.5) is 0 Å². The molecule has 0 unspecified atom stereocenters. The highest BCUT2D eigenvalue weighted by atomic mass is 32.2. The minimum Gasteiger partial charge on any atom is -0.314 e. The molecule has 1 saturated heterocycles. The van der Waals surface area contributed by atoms with E-state index in [9.17, 15) is 8.42 Å². The summed E-state index contributed by atoms with van der Waals surface area (Å²) in [5.41, 5.74) is 0. The van der Waals surface area contributed by atoms with Crippen LogP contribution in [0.25, 0.3) is 0 Å². The first kappa shape index (κ1) is 14.9. The van der Waals surface area contributed by atoms with Crippen molar-refractivity contribution in [3.63, 3.8) is 0 Å². The number of piperazine rings is 1. The highest BCUT2D eigenvalue weighted by Gasteiger charge is 2.12. The van der Waals surface area contributed by atoms with Crippen LogP contribution in [0.3, 0.4) is 0 Å². The van der Waals surface area contributed by atoms with Gasteiger partial charge in [-0.05, 0) is 7.05 Å². The van der Waals surface area contributed by atoms with E-state index < -0.39 is 9.84 Å². The molecule has 0 aromatic rings. The van der Waals surface area contributed by atoms with Crippen molar-refractivity contribution >= 4 is 9.84 Å². The lowest BCUT2D eigenvalue weighted by Gasteiger charge is -2.29. The fourth-order valence-electron chi connectivity index (χ4n) is 1.80. The summed E-state index contributed by atoms with van der Waals surface area (Å²) in [6.45, 7) is 8.64. The number of nitrogens with one attached hydrogen (secondary N) is 1. The van der Waals surface area contributed by atoms with E-state index in [2.05, 4.69) is 15.1 Å². The Balaban J connectivity index is 2.14. The van der Waals surface area contributed by atoms with Crippen molar-refractivity contribution in [1.29, 1.82) is 0 Å². The summed E-state index contributed by atoms with van der Waals surface area (Å²) in [5, 5.41) is 3.32. The van der Waals surface area contributed by atoms with Gasteiger partial charge in [0.15, 0.2) is 9.84 Å². The maximum Gasteiger partial charge on any atom is 0.151 e. The molecule has 0 spiro atoms. The molecular weight excluding hydrogens is 238 g/mol. The topological polar surface area (TPSA) is 52.7 Å². The lowest BCUT2D eigenvalue weighted by atomic mass is 10.3. The van der Waals surface area contributed by atoms with Crippen LogP contribution >= 0.6 is 0 Å². The Kier molecular flexibility index (Phi) is 6.40. The Labute approximate surface area is 105 Å². The molecule has 1 N–H and O–H groups in total. The van der Waals surface area contributed by atoms with E-state index >= 15 is 0 Å². The molecule has 1 rings (SSSR count). The van der Waals surface area contributed by atoms with E-state index in [0.29, 0.717) is 6.54 Å². The molecule has 6 heteroatoms. The van der Waals surface area contributed by atoms with Crippen LogP contribution in [-0.4, -0.2) is 82.6 Å². The third-order valence-electron chi connectivity index (χ3n) is 3.23. The van der Waals surface area contributed by atoms with Crippen molar-refractivity contribution in [2.45, 2.75) is 6.92 Å². The minimum atomic E-state index is -2.82. The maximum absolute atomic E-state index is 11.4. The fourth-order valence-corrected chi connectivity index (χ4v) is 2.68. The van der Waals surface area contributed by atoms with Crippen molar-refractivity contribution in [2.75, 3.05) is 64.4 Å². The van der Waals surface area contributed by atoms with Gasteiger partial charge in [-0.1, -0.05) is 6.92 Å². The molecule has 17 heavy (non-hydrogen) atoms. The Morgan fingerprint density at radius 1 is 1.24 bits per heavy atom. The maximum atomic E-state index is 11.4. The fraction of sp³-hybridized carbons (Fsp3) is 1.00. The molecule has 1 heterocycles. The summed E-state index contributed by atoms with van der Waals surface area (Å²) in [6, 6.07) is 0. The molecule has 0 bridgehead atoms. The summed E-state index contributed by atoms with van der Waals surface area (Å²) in [7, 11) is -0.830. The molecular formula is C11H25N3O2S. The number of hydrogen-bond acceptors (Lipinski definition) is 5. The van der Waals surface area contributed by atoms with Crippen LogP contribution in [-0.2, 0) is 9.84 Å². The van der Waals surface area contributed by atoms with Gasteiger partial charge in [0.2, 0.25) is 0 Å². The van der Waals surface area contributed by atoms with Crippen molar-refractivity contribution < 1.29 is 8.42 Å². The third kappa shape index (κ3) is 6.35. The zero-order valence-corrected chi connectivity index (χ0v) is 11.8. The van der Waals surface area contributed by atoms with Crippen molar-refractivity contribution in [1.82, 2.24) is 15.1 Å². The normalized spacial score (nSPS) is 18.8. The summed E-state index contributed by atoms with van der Waals surface area (Å²) in [4.78, 5) is 4.52. The average Bonchev–Trinajstić information content (AvgIpc) is 2.35. The Bertz CT molecular complexity index is 300. The largest absolute Gasteiger partial charge is 0.314 e. The molecule has 0 aliphatic carbocycles. The van der Waals surface area contributed by atoms with Crippen LogP contribution in [0.15, 0.2) is 0 Å². The number of sulfone groups is 1. The monoisotopic (exact) mass is 263 g/mol. The molecule has 102 valence electrons. The molecule has 0 saturated carbocycles. The molecule has 1 aliphatic heterocycles. The van der Waals surface area contributed by atoms with E-state index in [1.54, 1.807) is 6.92 Å². The Hall–Kier alpha value is -0.170. The van der Waals surface area contributed by atoms with Gasteiger partial charge in [-0.25, -0.2) is 8.42 Å². The van der Waals surface area contributed by atoms with Gasteiger partial charge in [0.05, 0.1) is 5.75 Å². The third-order valence-corrected chi connectivity index (χ3v) is 4.92. The van der Waals surface area contributed by atoms with Gasteiger partial charge in [0, 0.05) is 51.6 Å². The Morgan fingerprint density at radius 2 is 1.88 bits per heavy atom. The summed E-state index contributed by atoms with van der Waals surface area (Å²) in [5.74, 6) is 0.528. The van der Waals surface area contributed by atoms with Gasteiger partial charge in [-0.2, -0.15) is 0 Å². The van der Waals surface area contributed by atoms with Gasteiger partial charge in [0.1, 0.15) is 0 Å². The van der Waals surface area contributed by atoms with Crippen molar-refractivity contribution in [2.24, 2.45) is 0 Å². The Morgan fingerprint density at radius 3 is 2.47 bits per heavy atom. The lowest BCUT2D eigenvalue weighted by Crippen LogP contribution is -2.46. The first-order chi connectivity index (χ1) is 8.03. The van der Waals surface area contributed by atoms with Crippen LogP contribution in [0.2, 0.25) is 0 Å². The van der Waals surface area contributed by atoms with E-state index in [-0.39, 0.29) is 11.5 Å². The summed E-state index contributed by atoms with van der Waals surface area (Å²) >= 11 is 0. The zero-order valence-electron chi connectivity index (χ0n) is 11.0. The highest BCUT2D eigenvalue weighted by Crippen LogP contribution is 1.95. The second-order valence-electron chi connectivity index (χ2n) is 4.63. The molecule has 5 nitrogen and oxygen atoms in total. The predicted octanol–water partition coefficient (Wildman–Crippen LogP) is -0.742. The van der Waals surface area contributed by atoms with Crippen molar-refractivity contribution in [3.8, 4) is 0 Å². The molecule has 1 aliphatic rings. The van der Waals surface area contributed by atoms with Gasteiger partial charge >= 0.3 is 0 Å². The highest BCUT2D eigenvalue weighted by molar-refractivity contribution is 7.91. The zero-order chi connectivity index (χ0) is 12.7. The second kappa shape index (κ2) is 7.31. The second-order valence-corrected chi connectivity index (χ2v) is 7.10. The van der Waals surface area contributed by atoms with E-state index in [4.69, 9.17) is 0 Å². The van der Waals surface area contributed by atoms with Crippen LogP contribution in [0.1, 0.15) is 6.92 Å². The van der Waals surface area contributed by atoms with Gasteiger partial charge in [-0.3, -0.25) is 4.90 Å². The number of hydrogen-bond donors (Lipinski definition) is 1.